The molecule has 98 valence electrons. The van der Waals surface area contributed by atoms with Crippen LogP contribution < -0.4 is 5.32 Å². The second kappa shape index (κ2) is 6.10. The Morgan fingerprint density at radius 3 is 2.94 bits per heavy atom. The number of nitrogens with one attached hydrogen (secondary N) is 1. The summed E-state index contributed by atoms with van der Waals surface area (Å²) in [6, 6.07) is 0. The van der Waals surface area contributed by atoms with Gasteiger partial charge in [-0.3, -0.25) is 14.9 Å². The zero-order valence-corrected chi connectivity index (χ0v) is 10.5. The minimum atomic E-state index is -0.637. The van der Waals surface area contributed by atoms with Crippen LogP contribution in [-0.4, -0.2) is 34.5 Å². The molecule has 18 heavy (non-hydrogen) atoms. The van der Waals surface area contributed by atoms with Gasteiger partial charge in [-0.25, -0.2) is 4.98 Å². The van der Waals surface area contributed by atoms with Gasteiger partial charge in [0.25, 0.3) is 0 Å². The first-order chi connectivity index (χ1) is 8.45. The number of nitro groups is 1. The molecule has 0 saturated heterocycles. The van der Waals surface area contributed by atoms with Crippen molar-refractivity contribution in [2.75, 3.05) is 19.0 Å². The fourth-order valence-electron chi connectivity index (χ4n) is 1.15. The summed E-state index contributed by atoms with van der Waals surface area (Å²) in [6.45, 7) is 1.76. The molecule has 0 spiro atoms. The summed E-state index contributed by atoms with van der Waals surface area (Å²) >= 11 is 5.55. The Morgan fingerprint density at radius 1 is 1.72 bits per heavy atom. The Bertz CT molecular complexity index is 468. The molecular weight excluding hydrogens is 264 g/mol. The van der Waals surface area contributed by atoms with E-state index in [-0.39, 0.29) is 23.3 Å². The number of hydrogen-bond acceptors (Lipinski definition) is 7. The van der Waals surface area contributed by atoms with Gasteiger partial charge in [-0.2, -0.15) is 4.98 Å². The maximum absolute atomic E-state index is 11.2. The van der Waals surface area contributed by atoms with E-state index in [9.17, 15) is 14.9 Å². The molecule has 1 unspecified atom stereocenters. The Morgan fingerprint density at radius 2 is 2.39 bits per heavy atom. The summed E-state index contributed by atoms with van der Waals surface area (Å²) in [7, 11) is 1.27. The molecule has 0 fully saturated rings. The van der Waals surface area contributed by atoms with Gasteiger partial charge in [0.15, 0.2) is 0 Å². The number of nitrogens with zero attached hydrogens (tertiary/aromatic N) is 3. The first-order valence-corrected chi connectivity index (χ1v) is 5.32. The third kappa shape index (κ3) is 3.52. The molecule has 0 aliphatic heterocycles. The molecule has 0 radical (unpaired) electrons. The van der Waals surface area contributed by atoms with Crippen molar-refractivity contribution in [1.29, 1.82) is 0 Å². The molecule has 9 heteroatoms. The van der Waals surface area contributed by atoms with Gasteiger partial charge in [0.1, 0.15) is 6.20 Å². The van der Waals surface area contributed by atoms with Gasteiger partial charge in [0.05, 0.1) is 18.0 Å². The van der Waals surface area contributed by atoms with E-state index in [1.165, 1.54) is 7.11 Å². The summed E-state index contributed by atoms with van der Waals surface area (Å²) in [4.78, 5) is 28.5. The summed E-state index contributed by atoms with van der Waals surface area (Å²) in [6.07, 6.45) is 1.00. The number of methoxy groups -OCH3 is 1. The maximum atomic E-state index is 11.2. The molecule has 1 atom stereocenters. The van der Waals surface area contributed by atoms with E-state index in [1.54, 1.807) is 6.92 Å². The Hall–Kier alpha value is -1.96. The predicted molar refractivity (Wildman–Crippen MR) is 63.4 cm³/mol. The number of aromatic nitrogens is 2. The highest BCUT2D eigenvalue weighted by molar-refractivity contribution is 6.28. The predicted octanol–water partition coefficient (Wildman–Crippen LogP) is 1.26. The summed E-state index contributed by atoms with van der Waals surface area (Å²) in [5, 5.41) is 13.3. The molecule has 0 aliphatic rings. The highest BCUT2D eigenvalue weighted by Crippen LogP contribution is 2.22. The number of carbonyl (C=O) groups excluding carboxylic acids is 1. The first-order valence-electron chi connectivity index (χ1n) is 4.94. The maximum Gasteiger partial charge on any atom is 0.329 e. The van der Waals surface area contributed by atoms with Crippen molar-refractivity contribution < 1.29 is 14.5 Å². The quantitative estimate of drug-likeness (QED) is 0.373. The van der Waals surface area contributed by atoms with Crippen molar-refractivity contribution in [2.24, 2.45) is 5.92 Å². The minimum absolute atomic E-state index is 0.0317. The van der Waals surface area contributed by atoms with E-state index < -0.39 is 16.8 Å². The number of esters is 1. The van der Waals surface area contributed by atoms with Gasteiger partial charge in [0.2, 0.25) is 11.1 Å². The Labute approximate surface area is 107 Å². The van der Waals surface area contributed by atoms with Crippen LogP contribution in [0.3, 0.4) is 0 Å². The average Bonchev–Trinajstić information content (AvgIpc) is 2.34. The van der Waals surface area contributed by atoms with Gasteiger partial charge in [0, 0.05) is 6.54 Å². The molecule has 0 saturated carbocycles. The highest BCUT2D eigenvalue weighted by atomic mass is 35.5. The van der Waals surface area contributed by atoms with E-state index in [0.29, 0.717) is 0 Å². The molecule has 8 nitrogen and oxygen atoms in total. The van der Waals surface area contributed by atoms with Gasteiger partial charge in [-0.1, -0.05) is 6.92 Å². The molecule has 1 rings (SSSR count). The van der Waals surface area contributed by atoms with E-state index in [2.05, 4.69) is 20.0 Å². The molecule has 0 aromatic carbocycles. The van der Waals surface area contributed by atoms with Crippen molar-refractivity contribution >= 4 is 29.1 Å². The fourth-order valence-corrected chi connectivity index (χ4v) is 1.29. The zero-order chi connectivity index (χ0) is 13.7. The van der Waals surface area contributed by atoms with Crippen LogP contribution in [0.5, 0.6) is 0 Å². The van der Waals surface area contributed by atoms with E-state index in [4.69, 9.17) is 11.6 Å². The average molecular weight is 275 g/mol. The fraction of sp³-hybridized carbons (Fsp3) is 0.444. The van der Waals surface area contributed by atoms with Gasteiger partial charge < -0.3 is 10.1 Å². The Kier molecular flexibility index (Phi) is 4.78. The third-order valence-corrected chi connectivity index (χ3v) is 2.30. The molecule has 1 aromatic heterocycles. The van der Waals surface area contributed by atoms with Crippen molar-refractivity contribution in [2.45, 2.75) is 6.92 Å². The van der Waals surface area contributed by atoms with Gasteiger partial charge in [-0.15, -0.1) is 0 Å². The Balaban J connectivity index is 2.80. The van der Waals surface area contributed by atoms with E-state index in [0.717, 1.165) is 6.20 Å². The lowest BCUT2D eigenvalue weighted by molar-refractivity contribution is -0.384. The van der Waals surface area contributed by atoms with Crippen molar-refractivity contribution in [3.63, 3.8) is 0 Å². The molecular formula is C9H11ClN4O4. The monoisotopic (exact) mass is 274 g/mol. The van der Waals surface area contributed by atoms with Crippen LogP contribution in [0, 0.1) is 16.0 Å². The van der Waals surface area contributed by atoms with Crippen LogP contribution in [0.25, 0.3) is 0 Å². The van der Waals surface area contributed by atoms with Crippen LogP contribution >= 0.6 is 11.6 Å². The number of carbonyl (C=O) groups is 1. The molecule has 0 amide bonds. The molecule has 1 N–H and O–H groups in total. The lowest BCUT2D eigenvalue weighted by atomic mass is 10.2. The zero-order valence-electron chi connectivity index (χ0n) is 9.71. The van der Waals surface area contributed by atoms with Crippen LogP contribution in [0.15, 0.2) is 6.20 Å². The second-order valence-corrected chi connectivity index (χ2v) is 3.77. The largest absolute Gasteiger partial charge is 0.469 e. The van der Waals surface area contributed by atoms with Crippen LogP contribution in [0.2, 0.25) is 5.28 Å². The second-order valence-electron chi connectivity index (χ2n) is 3.44. The number of hydrogen-bond donors (Lipinski definition) is 1. The minimum Gasteiger partial charge on any atom is -0.469 e. The number of halogens is 1. The molecule has 0 bridgehead atoms. The lowest BCUT2D eigenvalue weighted by Crippen LogP contribution is -2.22. The number of ether oxygens (including phenoxy) is 1. The standard InChI is InChI=1S/C9H11ClN4O4/c1-5(8(15)18-2)3-11-7-6(14(16)17)4-12-9(10)13-7/h4-5H,3H2,1-2H3,(H,11,12,13). The summed E-state index contributed by atoms with van der Waals surface area (Å²) in [5.41, 5.74) is -0.309. The SMILES string of the molecule is COC(=O)C(C)CNc1nc(Cl)ncc1[N+](=O)[O-]. The first kappa shape index (κ1) is 14.1. The molecule has 1 heterocycles. The van der Waals surface area contributed by atoms with E-state index in [1.807, 2.05) is 0 Å². The molecule has 0 aliphatic carbocycles. The van der Waals surface area contributed by atoms with Gasteiger partial charge >= 0.3 is 11.7 Å². The summed E-state index contributed by atoms with van der Waals surface area (Å²) < 4.78 is 4.53. The van der Waals surface area contributed by atoms with E-state index >= 15 is 0 Å². The number of anilines is 1. The van der Waals surface area contributed by atoms with Gasteiger partial charge in [-0.05, 0) is 11.6 Å². The third-order valence-electron chi connectivity index (χ3n) is 2.12. The van der Waals surface area contributed by atoms with Crippen molar-refractivity contribution in [3.05, 3.63) is 21.6 Å². The normalized spacial score (nSPS) is 11.7. The van der Waals surface area contributed by atoms with Crippen molar-refractivity contribution in [1.82, 2.24) is 9.97 Å². The number of rotatable bonds is 5. The van der Waals surface area contributed by atoms with Crippen molar-refractivity contribution in [3.8, 4) is 0 Å². The molecule has 1 aromatic rings. The van der Waals surface area contributed by atoms with Crippen LogP contribution in [0.4, 0.5) is 11.5 Å². The smallest absolute Gasteiger partial charge is 0.329 e. The topological polar surface area (TPSA) is 107 Å². The summed E-state index contributed by atoms with van der Waals surface area (Å²) in [5.74, 6) is -0.926. The lowest BCUT2D eigenvalue weighted by Gasteiger charge is -2.10. The van der Waals surface area contributed by atoms with Crippen LogP contribution in [0.1, 0.15) is 6.92 Å². The van der Waals surface area contributed by atoms with Crippen LogP contribution in [-0.2, 0) is 9.53 Å². The highest BCUT2D eigenvalue weighted by Gasteiger charge is 2.19.